The zero-order valence-electron chi connectivity index (χ0n) is 22.9. The van der Waals surface area contributed by atoms with Gasteiger partial charge in [-0.15, -0.1) is 0 Å². The molecule has 5 rings (SSSR count). The van der Waals surface area contributed by atoms with Crippen molar-refractivity contribution in [3.8, 4) is 5.69 Å². The van der Waals surface area contributed by atoms with Crippen LogP contribution in [-0.2, 0) is 16.0 Å². The SMILES string of the molecule is CCc1ccc(-n2c(C)cc(C3C(c4ccccn4)NC(=S)N3c3ccc(NC(=O)COC)c(Cl)c3)c2C)cc1. The van der Waals surface area contributed by atoms with Crippen LogP contribution in [0.1, 0.15) is 47.2 Å². The molecule has 2 unspecified atom stereocenters. The maximum Gasteiger partial charge on any atom is 0.250 e. The summed E-state index contributed by atoms with van der Waals surface area (Å²) in [5.74, 6) is -0.275. The number of pyridine rings is 1. The summed E-state index contributed by atoms with van der Waals surface area (Å²) < 4.78 is 7.20. The number of halogens is 1. The van der Waals surface area contributed by atoms with E-state index in [9.17, 15) is 4.79 Å². The van der Waals surface area contributed by atoms with E-state index in [2.05, 4.69) is 76.2 Å². The number of hydrogen-bond donors (Lipinski definition) is 2. The van der Waals surface area contributed by atoms with Crippen LogP contribution < -0.4 is 15.5 Å². The summed E-state index contributed by atoms with van der Waals surface area (Å²) >= 11 is 12.6. The van der Waals surface area contributed by atoms with Crippen LogP contribution in [0.25, 0.3) is 5.69 Å². The molecule has 1 saturated heterocycles. The molecule has 2 aromatic carbocycles. The van der Waals surface area contributed by atoms with Crippen molar-refractivity contribution in [2.45, 2.75) is 39.3 Å². The number of aryl methyl sites for hydroxylation is 2. The number of methoxy groups -OCH3 is 1. The van der Waals surface area contributed by atoms with E-state index < -0.39 is 0 Å². The highest BCUT2D eigenvalue weighted by molar-refractivity contribution is 7.80. The highest BCUT2D eigenvalue weighted by atomic mass is 35.5. The lowest BCUT2D eigenvalue weighted by molar-refractivity contribution is -0.119. The Bertz CT molecular complexity index is 1540. The van der Waals surface area contributed by atoms with Crippen LogP contribution in [-0.4, -0.2) is 34.3 Å². The van der Waals surface area contributed by atoms with Crippen molar-refractivity contribution in [1.82, 2.24) is 14.9 Å². The molecule has 9 heteroatoms. The van der Waals surface area contributed by atoms with Gasteiger partial charge >= 0.3 is 0 Å². The molecule has 1 fully saturated rings. The van der Waals surface area contributed by atoms with E-state index in [1.54, 1.807) is 12.3 Å². The van der Waals surface area contributed by atoms with Gasteiger partial charge in [-0.2, -0.15) is 0 Å². The number of benzene rings is 2. The average Bonchev–Trinajstić information content (AvgIpc) is 3.45. The molecule has 0 bridgehead atoms. The summed E-state index contributed by atoms with van der Waals surface area (Å²) in [5, 5.41) is 7.29. The molecule has 2 N–H and O–H groups in total. The third-order valence-electron chi connectivity index (χ3n) is 7.27. The predicted molar refractivity (Wildman–Crippen MR) is 165 cm³/mol. The molecule has 1 aliphatic rings. The number of nitrogens with one attached hydrogen (secondary N) is 2. The first-order valence-corrected chi connectivity index (χ1v) is 14.0. The molecule has 2 atom stereocenters. The summed E-state index contributed by atoms with van der Waals surface area (Å²) in [6.45, 7) is 6.38. The van der Waals surface area contributed by atoms with Gasteiger partial charge in [0.05, 0.1) is 28.5 Å². The van der Waals surface area contributed by atoms with Gasteiger partial charge in [0.1, 0.15) is 6.61 Å². The first-order valence-electron chi connectivity index (χ1n) is 13.2. The van der Waals surface area contributed by atoms with Gasteiger partial charge in [0.15, 0.2) is 5.11 Å². The summed E-state index contributed by atoms with van der Waals surface area (Å²) in [6, 6.07) is 22.0. The highest BCUT2D eigenvalue weighted by Crippen LogP contribution is 2.44. The van der Waals surface area contributed by atoms with Crippen molar-refractivity contribution in [1.29, 1.82) is 0 Å². The van der Waals surface area contributed by atoms with Gasteiger partial charge in [0.25, 0.3) is 0 Å². The van der Waals surface area contributed by atoms with Gasteiger partial charge in [-0.3, -0.25) is 9.78 Å². The number of amides is 1. The summed E-state index contributed by atoms with van der Waals surface area (Å²) in [5.41, 5.74) is 8.02. The zero-order chi connectivity index (χ0) is 28.4. The fourth-order valence-electron chi connectivity index (χ4n) is 5.39. The average molecular weight is 574 g/mol. The number of thiocarbonyl (C=S) groups is 1. The first-order chi connectivity index (χ1) is 19.3. The Balaban J connectivity index is 1.59. The molecule has 1 aliphatic heterocycles. The summed E-state index contributed by atoms with van der Waals surface area (Å²) in [7, 11) is 1.47. The Morgan fingerprint density at radius 1 is 1.10 bits per heavy atom. The Labute approximate surface area is 245 Å². The standard InChI is InChI=1S/C31H32ClN5O2S/c1-5-21-9-11-22(12-10-21)36-19(2)16-24(20(36)3)30-29(27-8-6-7-15-33-27)35-31(40)37(30)23-13-14-26(25(32)17-23)34-28(38)18-39-4/h6-17,29-30H,5,18H2,1-4H3,(H,34,38)(H,35,40). The quantitative estimate of drug-likeness (QED) is 0.236. The van der Waals surface area contributed by atoms with Crippen molar-refractivity contribution < 1.29 is 9.53 Å². The van der Waals surface area contributed by atoms with Crippen LogP contribution in [0.5, 0.6) is 0 Å². The van der Waals surface area contributed by atoms with E-state index in [4.69, 9.17) is 28.6 Å². The van der Waals surface area contributed by atoms with Crippen LogP contribution >= 0.6 is 23.8 Å². The number of aromatic nitrogens is 2. The van der Waals surface area contributed by atoms with E-state index in [0.29, 0.717) is 15.8 Å². The Hall–Kier alpha value is -3.72. The maximum atomic E-state index is 12.1. The summed E-state index contributed by atoms with van der Waals surface area (Å²) in [4.78, 5) is 18.8. The van der Waals surface area contributed by atoms with Crippen LogP contribution in [0.4, 0.5) is 11.4 Å². The van der Waals surface area contributed by atoms with Crippen molar-refractivity contribution in [3.63, 3.8) is 0 Å². The van der Waals surface area contributed by atoms with Gasteiger partial charge < -0.3 is 24.8 Å². The van der Waals surface area contributed by atoms with Gasteiger partial charge in [0.2, 0.25) is 5.91 Å². The maximum absolute atomic E-state index is 12.1. The molecule has 3 heterocycles. The number of nitrogens with zero attached hydrogens (tertiary/aromatic N) is 3. The van der Waals surface area contributed by atoms with Crippen molar-refractivity contribution >= 4 is 46.2 Å². The molecule has 206 valence electrons. The topological polar surface area (TPSA) is 71.4 Å². The van der Waals surface area contributed by atoms with E-state index in [1.165, 1.54) is 12.7 Å². The van der Waals surface area contributed by atoms with E-state index >= 15 is 0 Å². The van der Waals surface area contributed by atoms with Crippen molar-refractivity contribution in [3.05, 3.63) is 106 Å². The van der Waals surface area contributed by atoms with Crippen LogP contribution in [0.15, 0.2) is 72.9 Å². The highest BCUT2D eigenvalue weighted by Gasteiger charge is 2.42. The number of ether oxygens (including phenoxy) is 1. The Kier molecular flexibility index (Phi) is 8.21. The van der Waals surface area contributed by atoms with Gasteiger partial charge in [0, 0.05) is 36.1 Å². The molecule has 2 aromatic heterocycles. The Morgan fingerprint density at radius 3 is 2.50 bits per heavy atom. The largest absolute Gasteiger partial charge is 0.375 e. The van der Waals surface area contributed by atoms with E-state index in [-0.39, 0.29) is 24.6 Å². The second-order valence-corrected chi connectivity index (χ2v) is 10.6. The van der Waals surface area contributed by atoms with Gasteiger partial charge in [-0.25, -0.2) is 0 Å². The molecule has 4 aromatic rings. The van der Waals surface area contributed by atoms with Crippen LogP contribution in [0.2, 0.25) is 5.02 Å². The summed E-state index contributed by atoms with van der Waals surface area (Å²) in [6.07, 6.45) is 2.80. The normalized spacial score (nSPS) is 16.7. The number of rotatable bonds is 8. The lowest BCUT2D eigenvalue weighted by Gasteiger charge is -2.28. The van der Waals surface area contributed by atoms with Crippen LogP contribution in [0, 0.1) is 13.8 Å². The molecule has 0 spiro atoms. The zero-order valence-corrected chi connectivity index (χ0v) is 24.5. The molecule has 0 radical (unpaired) electrons. The lowest BCUT2D eigenvalue weighted by atomic mass is 9.96. The fraction of sp³-hybridized carbons (Fsp3) is 0.258. The van der Waals surface area contributed by atoms with Gasteiger partial charge in [-0.1, -0.05) is 36.7 Å². The third kappa shape index (κ3) is 5.35. The lowest BCUT2D eigenvalue weighted by Crippen LogP contribution is -2.29. The molecule has 1 amide bonds. The van der Waals surface area contributed by atoms with Crippen molar-refractivity contribution in [2.24, 2.45) is 0 Å². The molecule has 7 nitrogen and oxygen atoms in total. The second kappa shape index (κ2) is 11.8. The minimum absolute atomic E-state index is 0.0527. The molecule has 0 aliphatic carbocycles. The number of carbonyl (C=O) groups is 1. The minimum Gasteiger partial charge on any atom is -0.375 e. The third-order valence-corrected chi connectivity index (χ3v) is 7.90. The smallest absolute Gasteiger partial charge is 0.250 e. The van der Waals surface area contributed by atoms with Gasteiger partial charge in [-0.05, 0) is 92.1 Å². The van der Waals surface area contributed by atoms with E-state index in [1.807, 2.05) is 30.3 Å². The minimum atomic E-state index is -0.275. The van der Waals surface area contributed by atoms with E-state index in [0.717, 1.165) is 40.4 Å². The fourth-order valence-corrected chi connectivity index (χ4v) is 5.95. The molecule has 0 saturated carbocycles. The van der Waals surface area contributed by atoms with Crippen molar-refractivity contribution in [2.75, 3.05) is 23.9 Å². The molecule has 40 heavy (non-hydrogen) atoms. The number of hydrogen-bond acceptors (Lipinski definition) is 4. The second-order valence-electron chi connectivity index (χ2n) is 9.82. The monoisotopic (exact) mass is 573 g/mol. The van der Waals surface area contributed by atoms with Crippen LogP contribution in [0.3, 0.4) is 0 Å². The molecular formula is C31H32ClN5O2S. The number of carbonyl (C=O) groups excluding carboxylic acids is 1. The Morgan fingerprint density at radius 2 is 1.85 bits per heavy atom. The number of anilines is 2. The first kappa shape index (κ1) is 27.8. The molecular weight excluding hydrogens is 542 g/mol. The predicted octanol–water partition coefficient (Wildman–Crippen LogP) is 6.47.